The first-order chi connectivity index (χ1) is 9.34. The van der Waals surface area contributed by atoms with Crippen LogP contribution in [0.2, 0.25) is 0 Å². The van der Waals surface area contributed by atoms with E-state index in [1.54, 1.807) is 41.5 Å². The van der Waals surface area contributed by atoms with Gasteiger partial charge in [0.1, 0.15) is 24.3 Å². The van der Waals surface area contributed by atoms with Crippen molar-refractivity contribution < 1.29 is 23.9 Å². The Labute approximate surface area is 134 Å². The fourth-order valence-corrected chi connectivity index (χ4v) is 1.73. The normalized spacial score (nSPS) is 11.8. The molecule has 0 aromatic heterocycles. The van der Waals surface area contributed by atoms with Gasteiger partial charge in [0.2, 0.25) is 5.91 Å². The number of nitrogens with zero attached hydrogens (tertiary/aromatic N) is 1. The van der Waals surface area contributed by atoms with Crippen molar-refractivity contribution in [3.05, 3.63) is 0 Å². The third-order valence-electron chi connectivity index (χ3n) is 1.95. The molecule has 0 fully saturated rings. The van der Waals surface area contributed by atoms with Gasteiger partial charge in [-0.3, -0.25) is 14.4 Å². The standard InChI is InChI=1S/C14H24BrNO5/c1-13(2,3)20-11(18)8-16(10(17)7-15)9-12(19)21-14(4,5)6/h7-9H2,1-6H3. The summed E-state index contributed by atoms with van der Waals surface area (Å²) in [5.74, 6) is -1.52. The van der Waals surface area contributed by atoms with Crippen molar-refractivity contribution in [2.24, 2.45) is 0 Å². The van der Waals surface area contributed by atoms with E-state index in [0.717, 1.165) is 4.90 Å². The van der Waals surface area contributed by atoms with Gasteiger partial charge in [0.25, 0.3) is 0 Å². The van der Waals surface area contributed by atoms with E-state index in [4.69, 9.17) is 9.47 Å². The van der Waals surface area contributed by atoms with Gasteiger partial charge in [0, 0.05) is 0 Å². The molecule has 7 heteroatoms. The third kappa shape index (κ3) is 10.3. The van der Waals surface area contributed by atoms with Gasteiger partial charge in [-0.1, -0.05) is 15.9 Å². The van der Waals surface area contributed by atoms with Crippen LogP contribution in [0.4, 0.5) is 0 Å². The van der Waals surface area contributed by atoms with Gasteiger partial charge in [0.05, 0.1) is 5.33 Å². The SMILES string of the molecule is CC(C)(C)OC(=O)CN(CC(=O)OC(C)(C)C)C(=O)CBr. The Bertz CT molecular complexity index is 365. The fourth-order valence-electron chi connectivity index (χ4n) is 1.38. The van der Waals surface area contributed by atoms with E-state index < -0.39 is 23.1 Å². The molecule has 0 bridgehead atoms. The van der Waals surface area contributed by atoms with E-state index in [-0.39, 0.29) is 24.3 Å². The lowest BCUT2D eigenvalue weighted by Gasteiger charge is -2.26. The second kappa shape index (κ2) is 7.77. The molecule has 0 aliphatic carbocycles. The summed E-state index contributed by atoms with van der Waals surface area (Å²) in [6, 6.07) is 0. The van der Waals surface area contributed by atoms with Crippen molar-refractivity contribution in [1.82, 2.24) is 4.90 Å². The number of carbonyl (C=O) groups is 3. The zero-order valence-electron chi connectivity index (χ0n) is 13.5. The first kappa shape index (κ1) is 19.9. The van der Waals surface area contributed by atoms with Crippen molar-refractivity contribution in [3.63, 3.8) is 0 Å². The Hall–Kier alpha value is -1.11. The van der Waals surface area contributed by atoms with Crippen molar-refractivity contribution >= 4 is 33.8 Å². The van der Waals surface area contributed by atoms with Gasteiger partial charge in [-0.25, -0.2) is 0 Å². The molecule has 0 heterocycles. The third-order valence-corrected chi connectivity index (χ3v) is 2.43. The Balaban J connectivity index is 4.72. The fraction of sp³-hybridized carbons (Fsp3) is 0.786. The number of amides is 1. The first-order valence-corrected chi connectivity index (χ1v) is 7.73. The lowest BCUT2D eigenvalue weighted by atomic mass is 10.2. The van der Waals surface area contributed by atoms with Gasteiger partial charge in [0.15, 0.2) is 0 Å². The molecule has 0 unspecified atom stereocenters. The minimum absolute atomic E-state index is 0.0125. The quantitative estimate of drug-likeness (QED) is 0.549. The van der Waals surface area contributed by atoms with Gasteiger partial charge >= 0.3 is 11.9 Å². The molecule has 122 valence electrons. The molecule has 0 atom stereocenters. The number of alkyl halides is 1. The van der Waals surface area contributed by atoms with Crippen LogP contribution >= 0.6 is 15.9 Å². The smallest absolute Gasteiger partial charge is 0.326 e. The minimum atomic E-state index is -0.647. The molecule has 0 saturated carbocycles. The summed E-state index contributed by atoms with van der Waals surface area (Å²) < 4.78 is 10.3. The first-order valence-electron chi connectivity index (χ1n) is 6.61. The van der Waals surface area contributed by atoms with E-state index in [2.05, 4.69) is 15.9 Å². The van der Waals surface area contributed by atoms with Crippen LogP contribution in [0.5, 0.6) is 0 Å². The predicted octanol–water partition coefficient (Wildman–Crippen LogP) is 1.89. The van der Waals surface area contributed by atoms with E-state index in [1.807, 2.05) is 0 Å². The summed E-state index contributed by atoms with van der Waals surface area (Å²) in [5, 5.41) is 0.0125. The van der Waals surface area contributed by atoms with Gasteiger partial charge in [-0.2, -0.15) is 0 Å². The van der Waals surface area contributed by atoms with Crippen LogP contribution in [-0.4, -0.2) is 52.4 Å². The summed E-state index contributed by atoms with van der Waals surface area (Å²) in [4.78, 5) is 36.4. The Morgan fingerprint density at radius 3 is 1.43 bits per heavy atom. The molecule has 1 amide bonds. The zero-order chi connectivity index (χ0) is 16.8. The molecule has 0 aliphatic heterocycles. The highest BCUT2D eigenvalue weighted by Crippen LogP contribution is 2.10. The number of halogens is 1. The van der Waals surface area contributed by atoms with Crippen molar-refractivity contribution in [1.29, 1.82) is 0 Å². The molecule has 0 aliphatic rings. The van der Waals surface area contributed by atoms with Gasteiger partial charge in [-0.15, -0.1) is 0 Å². The predicted molar refractivity (Wildman–Crippen MR) is 82.1 cm³/mol. The number of carbonyl (C=O) groups excluding carboxylic acids is 3. The van der Waals surface area contributed by atoms with E-state index in [1.165, 1.54) is 0 Å². The molecular weight excluding hydrogens is 342 g/mol. The second-order valence-corrected chi connectivity index (χ2v) is 7.12. The number of esters is 2. The summed E-state index contributed by atoms with van der Waals surface area (Å²) >= 11 is 3.02. The van der Waals surface area contributed by atoms with Crippen LogP contribution in [-0.2, 0) is 23.9 Å². The van der Waals surface area contributed by atoms with E-state index in [0.29, 0.717) is 0 Å². The monoisotopic (exact) mass is 365 g/mol. The average Bonchev–Trinajstić information content (AvgIpc) is 2.21. The zero-order valence-corrected chi connectivity index (χ0v) is 15.1. The maximum Gasteiger partial charge on any atom is 0.326 e. The van der Waals surface area contributed by atoms with Crippen LogP contribution in [0, 0.1) is 0 Å². The van der Waals surface area contributed by atoms with Crippen molar-refractivity contribution in [2.45, 2.75) is 52.7 Å². The highest BCUT2D eigenvalue weighted by atomic mass is 79.9. The maximum atomic E-state index is 11.8. The van der Waals surface area contributed by atoms with Crippen molar-refractivity contribution in [3.8, 4) is 0 Å². The molecular formula is C14H24BrNO5. The molecule has 21 heavy (non-hydrogen) atoms. The Morgan fingerprint density at radius 2 is 1.19 bits per heavy atom. The molecule has 0 N–H and O–H groups in total. The molecule has 6 nitrogen and oxygen atoms in total. The molecule has 0 spiro atoms. The molecule has 0 radical (unpaired) electrons. The summed E-state index contributed by atoms with van der Waals surface area (Å²) in [5.41, 5.74) is -1.29. The lowest BCUT2D eigenvalue weighted by Crippen LogP contribution is -2.43. The summed E-state index contributed by atoms with van der Waals surface area (Å²) in [6.07, 6.45) is 0. The molecule has 0 aromatic carbocycles. The number of rotatable bonds is 5. The summed E-state index contributed by atoms with van der Waals surface area (Å²) in [7, 11) is 0. The van der Waals surface area contributed by atoms with Crippen molar-refractivity contribution in [2.75, 3.05) is 18.4 Å². The molecule has 0 saturated heterocycles. The van der Waals surface area contributed by atoms with Gasteiger partial charge in [-0.05, 0) is 41.5 Å². The van der Waals surface area contributed by atoms with Crippen LogP contribution in [0.25, 0.3) is 0 Å². The Kier molecular flexibility index (Phi) is 7.36. The minimum Gasteiger partial charge on any atom is -0.459 e. The Morgan fingerprint density at radius 1 is 0.857 bits per heavy atom. The van der Waals surface area contributed by atoms with Crippen LogP contribution in [0.3, 0.4) is 0 Å². The topological polar surface area (TPSA) is 72.9 Å². The number of ether oxygens (including phenoxy) is 2. The molecule has 0 rings (SSSR count). The van der Waals surface area contributed by atoms with E-state index >= 15 is 0 Å². The van der Waals surface area contributed by atoms with Gasteiger partial charge < -0.3 is 14.4 Å². The van der Waals surface area contributed by atoms with Crippen LogP contribution < -0.4 is 0 Å². The number of hydrogen-bond acceptors (Lipinski definition) is 5. The highest BCUT2D eigenvalue weighted by molar-refractivity contribution is 9.09. The summed E-state index contributed by atoms with van der Waals surface area (Å²) in [6.45, 7) is 9.81. The number of hydrogen-bond donors (Lipinski definition) is 0. The second-order valence-electron chi connectivity index (χ2n) is 6.56. The largest absolute Gasteiger partial charge is 0.459 e. The molecule has 0 aromatic rings. The maximum absolute atomic E-state index is 11.8. The lowest BCUT2D eigenvalue weighted by molar-refractivity contribution is -0.163. The van der Waals surface area contributed by atoms with Crippen LogP contribution in [0.1, 0.15) is 41.5 Å². The van der Waals surface area contributed by atoms with Crippen LogP contribution in [0.15, 0.2) is 0 Å². The highest BCUT2D eigenvalue weighted by Gasteiger charge is 2.25. The average molecular weight is 366 g/mol. The van der Waals surface area contributed by atoms with E-state index in [9.17, 15) is 14.4 Å².